The third kappa shape index (κ3) is 2.79. The van der Waals surface area contributed by atoms with Gasteiger partial charge in [-0.15, -0.1) is 11.3 Å². The average molecular weight is 354 g/mol. The number of rotatable bonds is 4. The van der Waals surface area contributed by atoms with E-state index in [2.05, 4.69) is 4.98 Å². The molecule has 0 saturated heterocycles. The first-order chi connectivity index (χ1) is 10.9. The molecule has 3 aromatic rings. The number of aromatic nitrogens is 2. The molecule has 0 atom stereocenters. The van der Waals surface area contributed by atoms with E-state index in [1.54, 1.807) is 17.5 Å². The minimum absolute atomic E-state index is 0.0392. The fourth-order valence-corrected chi connectivity index (χ4v) is 4.31. The molecule has 120 valence electrons. The quantitative estimate of drug-likeness (QED) is 0.709. The molecule has 0 fully saturated rings. The second-order valence-corrected chi connectivity index (χ2v) is 7.58. The van der Waals surface area contributed by atoms with Crippen molar-refractivity contribution in [2.45, 2.75) is 18.2 Å². The minimum Gasteiger partial charge on any atom is -0.243 e. The molecule has 0 N–H and O–H groups in total. The summed E-state index contributed by atoms with van der Waals surface area (Å²) in [5, 5.41) is 1.85. The fourth-order valence-electron chi connectivity index (χ4n) is 2.19. The van der Waals surface area contributed by atoms with Crippen LogP contribution in [0, 0.1) is 6.92 Å². The fraction of sp³-hybridized carbons (Fsp3) is 0.133. The summed E-state index contributed by atoms with van der Waals surface area (Å²) >= 11 is 1.11. The Morgan fingerprint density at radius 1 is 1.17 bits per heavy atom. The molecule has 0 amide bonds. The highest BCUT2D eigenvalue weighted by molar-refractivity contribution is 7.90. The molecular formula is C15H12F2N2O2S2. The lowest BCUT2D eigenvalue weighted by Gasteiger charge is -2.11. The second-order valence-electron chi connectivity index (χ2n) is 4.87. The van der Waals surface area contributed by atoms with E-state index in [0.29, 0.717) is 0 Å². The van der Waals surface area contributed by atoms with E-state index in [-0.39, 0.29) is 21.2 Å². The van der Waals surface area contributed by atoms with E-state index < -0.39 is 16.4 Å². The van der Waals surface area contributed by atoms with Crippen LogP contribution in [-0.2, 0) is 10.0 Å². The summed E-state index contributed by atoms with van der Waals surface area (Å²) in [6.07, 6.45) is -0.193. The van der Waals surface area contributed by atoms with Crippen LogP contribution in [-0.4, -0.2) is 17.4 Å². The Morgan fingerprint density at radius 2 is 1.87 bits per heavy atom. The first kappa shape index (κ1) is 15.8. The molecule has 23 heavy (non-hydrogen) atoms. The van der Waals surface area contributed by atoms with Crippen molar-refractivity contribution in [3.05, 3.63) is 59.2 Å². The van der Waals surface area contributed by atoms with E-state index in [9.17, 15) is 17.2 Å². The molecule has 8 heteroatoms. The summed E-state index contributed by atoms with van der Waals surface area (Å²) in [6, 6.07) is 7.35. The van der Waals surface area contributed by atoms with Gasteiger partial charge < -0.3 is 0 Å². The number of hydrogen-bond acceptors (Lipinski definition) is 4. The molecule has 2 aromatic heterocycles. The number of aryl methyl sites for hydroxylation is 1. The van der Waals surface area contributed by atoms with Crippen molar-refractivity contribution in [2.24, 2.45) is 0 Å². The Balaban J connectivity index is 2.22. The molecule has 0 aliphatic heterocycles. The number of alkyl halides is 2. The summed E-state index contributed by atoms with van der Waals surface area (Å²) in [4.78, 5) is 4.02. The normalized spacial score (nSPS) is 12.0. The smallest absolute Gasteiger partial charge is 0.243 e. The number of benzene rings is 1. The van der Waals surface area contributed by atoms with Crippen LogP contribution in [0.15, 0.2) is 53.0 Å². The highest BCUT2D eigenvalue weighted by Crippen LogP contribution is 2.35. The van der Waals surface area contributed by atoms with Crippen molar-refractivity contribution in [3.8, 4) is 10.7 Å². The third-order valence-electron chi connectivity index (χ3n) is 3.33. The van der Waals surface area contributed by atoms with E-state index in [4.69, 9.17) is 0 Å². The largest absolute Gasteiger partial charge is 0.268 e. The van der Waals surface area contributed by atoms with Crippen LogP contribution in [0.25, 0.3) is 10.7 Å². The van der Waals surface area contributed by atoms with Gasteiger partial charge in [-0.3, -0.25) is 0 Å². The maximum Gasteiger partial charge on any atom is 0.268 e. The highest BCUT2D eigenvalue weighted by Gasteiger charge is 2.27. The lowest BCUT2D eigenvalue weighted by molar-refractivity contribution is 0.152. The molecular weight excluding hydrogens is 342 g/mol. The molecule has 0 unspecified atom stereocenters. The van der Waals surface area contributed by atoms with Crippen LogP contribution in [0.3, 0.4) is 0 Å². The topological polar surface area (TPSA) is 52.0 Å². The summed E-state index contributed by atoms with van der Waals surface area (Å²) in [5.74, 6) is 0. The third-order valence-corrected chi connectivity index (χ3v) is 5.80. The summed E-state index contributed by atoms with van der Waals surface area (Å²) in [6.45, 7) is 1.84. The van der Waals surface area contributed by atoms with Crippen molar-refractivity contribution < 1.29 is 17.2 Å². The van der Waals surface area contributed by atoms with Gasteiger partial charge in [-0.2, -0.15) is 0 Å². The van der Waals surface area contributed by atoms with Gasteiger partial charge in [0.2, 0.25) is 0 Å². The van der Waals surface area contributed by atoms with Crippen molar-refractivity contribution in [2.75, 3.05) is 0 Å². The first-order valence-corrected chi connectivity index (χ1v) is 8.95. The van der Waals surface area contributed by atoms with Crippen molar-refractivity contribution in [1.29, 1.82) is 0 Å². The molecule has 2 heterocycles. The van der Waals surface area contributed by atoms with E-state index >= 15 is 0 Å². The van der Waals surface area contributed by atoms with Gasteiger partial charge in [-0.05, 0) is 25.1 Å². The zero-order chi connectivity index (χ0) is 16.6. The van der Waals surface area contributed by atoms with Crippen LogP contribution in [0.2, 0.25) is 0 Å². The Labute approximate surface area is 136 Å². The van der Waals surface area contributed by atoms with Crippen LogP contribution >= 0.6 is 11.3 Å². The number of nitrogens with zero attached hydrogens (tertiary/aromatic N) is 2. The van der Waals surface area contributed by atoms with Gasteiger partial charge in [0.05, 0.1) is 4.90 Å². The van der Waals surface area contributed by atoms with E-state index in [1.807, 2.05) is 6.92 Å². The van der Waals surface area contributed by atoms with Crippen LogP contribution in [0.5, 0.6) is 0 Å². The Kier molecular flexibility index (Phi) is 4.03. The molecule has 0 aliphatic rings. The van der Waals surface area contributed by atoms with Crippen molar-refractivity contribution in [1.82, 2.24) is 8.96 Å². The van der Waals surface area contributed by atoms with Gasteiger partial charge in [-0.1, -0.05) is 17.7 Å². The minimum atomic E-state index is -3.98. The van der Waals surface area contributed by atoms with Gasteiger partial charge >= 0.3 is 0 Å². The van der Waals surface area contributed by atoms with Gasteiger partial charge in [0, 0.05) is 23.3 Å². The number of halogens is 2. The van der Waals surface area contributed by atoms with Crippen molar-refractivity contribution in [3.63, 3.8) is 0 Å². The Morgan fingerprint density at radius 3 is 2.43 bits per heavy atom. The molecule has 4 nitrogen and oxygen atoms in total. The maximum atomic E-state index is 13.2. The first-order valence-electron chi connectivity index (χ1n) is 6.63. The average Bonchev–Trinajstić information content (AvgIpc) is 3.16. The monoisotopic (exact) mass is 354 g/mol. The van der Waals surface area contributed by atoms with Gasteiger partial charge in [0.25, 0.3) is 16.4 Å². The lowest BCUT2D eigenvalue weighted by Crippen LogP contribution is -2.13. The van der Waals surface area contributed by atoms with Crippen LogP contribution < -0.4 is 0 Å². The number of thiazole rings is 1. The molecule has 0 saturated carbocycles. The molecule has 1 aromatic carbocycles. The summed E-state index contributed by atoms with van der Waals surface area (Å²) < 4.78 is 52.9. The molecule has 0 bridgehead atoms. The Hall–Kier alpha value is -2.06. The standard InChI is InChI=1S/C15H12F2N2O2S2/c1-10-2-4-11(5-3-10)23(20,21)19-8-6-12(14(16)17)13(19)15-18-7-9-22-15/h2-9,14H,1H3. The van der Waals surface area contributed by atoms with Crippen molar-refractivity contribution >= 4 is 21.4 Å². The summed E-state index contributed by atoms with van der Waals surface area (Å²) in [5.41, 5.74) is 0.469. The van der Waals surface area contributed by atoms with Gasteiger partial charge in [0.15, 0.2) is 0 Å². The van der Waals surface area contributed by atoms with E-state index in [0.717, 1.165) is 33.1 Å². The molecule has 3 rings (SSSR count). The SMILES string of the molecule is Cc1ccc(S(=O)(=O)n2ccc(C(F)F)c2-c2nccs2)cc1. The van der Waals surface area contributed by atoms with Crippen LogP contribution in [0.4, 0.5) is 8.78 Å². The zero-order valence-electron chi connectivity index (χ0n) is 12.0. The van der Waals surface area contributed by atoms with Crippen LogP contribution in [0.1, 0.15) is 17.6 Å². The zero-order valence-corrected chi connectivity index (χ0v) is 13.6. The highest BCUT2D eigenvalue weighted by atomic mass is 32.2. The Bertz CT molecular complexity index is 915. The predicted molar refractivity (Wildman–Crippen MR) is 84.3 cm³/mol. The maximum absolute atomic E-state index is 13.2. The predicted octanol–water partition coefficient (Wildman–Crippen LogP) is 4.09. The second kappa shape index (κ2) is 5.86. The molecule has 0 radical (unpaired) electrons. The summed E-state index contributed by atoms with van der Waals surface area (Å²) in [7, 11) is -3.98. The molecule has 0 spiro atoms. The van der Waals surface area contributed by atoms with Gasteiger partial charge in [-0.25, -0.2) is 26.2 Å². The molecule has 0 aliphatic carbocycles. The number of hydrogen-bond donors (Lipinski definition) is 0. The lowest BCUT2D eigenvalue weighted by atomic mass is 10.2. The van der Waals surface area contributed by atoms with E-state index in [1.165, 1.54) is 18.3 Å². The van der Waals surface area contributed by atoms with Gasteiger partial charge in [0.1, 0.15) is 10.7 Å².